The summed E-state index contributed by atoms with van der Waals surface area (Å²) in [5.74, 6) is 0. The van der Waals surface area contributed by atoms with Gasteiger partial charge in [0.15, 0.2) is 0 Å². The Hall–Kier alpha value is 0.210. The van der Waals surface area contributed by atoms with Crippen molar-refractivity contribution in [3.05, 3.63) is 0 Å². The molecule has 1 rings (SSSR count). The highest BCUT2D eigenvalue weighted by atomic mass is 35.5. The zero-order chi connectivity index (χ0) is 5.11. The summed E-state index contributed by atoms with van der Waals surface area (Å²) in [4.78, 5) is 0. The number of hydrogen-bond donors (Lipinski definition) is 2. The van der Waals surface area contributed by atoms with Crippen molar-refractivity contribution in [1.29, 1.82) is 0 Å². The summed E-state index contributed by atoms with van der Waals surface area (Å²) in [5, 5.41) is 6.45. The molecule has 2 N–H and O–H groups in total. The maximum absolute atomic E-state index is 3.30. The van der Waals surface area contributed by atoms with Crippen LogP contribution in [0.4, 0.5) is 0 Å². The fourth-order valence-electron chi connectivity index (χ4n) is 0.931. The van der Waals surface area contributed by atoms with Gasteiger partial charge in [-0.05, 0) is 26.4 Å². The van der Waals surface area contributed by atoms with Crippen LogP contribution < -0.4 is 10.6 Å². The largest absolute Gasteiger partial charge is 0.305 e. The molecule has 50 valence electrons. The van der Waals surface area contributed by atoms with Crippen molar-refractivity contribution < 1.29 is 0 Å². The van der Waals surface area contributed by atoms with Crippen LogP contribution in [0, 0.1) is 0 Å². The summed E-state index contributed by atoms with van der Waals surface area (Å²) in [7, 11) is 1.99. The van der Waals surface area contributed by atoms with E-state index in [2.05, 4.69) is 10.6 Å². The van der Waals surface area contributed by atoms with Crippen LogP contribution >= 0.6 is 12.4 Å². The number of nitrogens with one attached hydrogen (secondary N) is 2. The Morgan fingerprint density at radius 3 is 2.62 bits per heavy atom. The van der Waals surface area contributed by atoms with E-state index in [0.717, 1.165) is 0 Å². The summed E-state index contributed by atoms with van der Waals surface area (Å²) < 4.78 is 0. The van der Waals surface area contributed by atoms with Crippen LogP contribution in [0.15, 0.2) is 0 Å². The van der Waals surface area contributed by atoms with Crippen molar-refractivity contribution in [2.24, 2.45) is 0 Å². The van der Waals surface area contributed by atoms with Gasteiger partial charge in [-0.15, -0.1) is 12.4 Å². The summed E-state index contributed by atoms with van der Waals surface area (Å²) in [6.45, 7) is 1.19. The molecule has 1 aliphatic rings. The van der Waals surface area contributed by atoms with E-state index in [4.69, 9.17) is 0 Å². The highest BCUT2D eigenvalue weighted by Gasteiger charge is 2.09. The van der Waals surface area contributed by atoms with Gasteiger partial charge in [-0.2, -0.15) is 0 Å². The van der Waals surface area contributed by atoms with E-state index < -0.39 is 0 Å². The Kier molecular flexibility index (Phi) is 4.23. The lowest BCUT2D eigenvalue weighted by atomic mass is 10.3. The molecule has 1 heterocycles. The molecule has 1 aliphatic heterocycles. The zero-order valence-corrected chi connectivity index (χ0v) is 5.92. The molecule has 0 amide bonds. The van der Waals surface area contributed by atoms with E-state index in [-0.39, 0.29) is 12.4 Å². The lowest BCUT2D eigenvalue weighted by Gasteiger charge is -2.05. The molecular weight excluding hydrogens is 124 g/mol. The van der Waals surface area contributed by atoms with Gasteiger partial charge < -0.3 is 10.6 Å². The van der Waals surface area contributed by atoms with Crippen LogP contribution in [0.5, 0.6) is 0 Å². The van der Waals surface area contributed by atoms with Gasteiger partial charge in [0, 0.05) is 0 Å². The number of hydrogen-bond acceptors (Lipinski definition) is 2. The van der Waals surface area contributed by atoms with E-state index in [9.17, 15) is 0 Å². The molecule has 1 atom stereocenters. The highest BCUT2D eigenvalue weighted by Crippen LogP contribution is 1.99. The lowest BCUT2D eigenvalue weighted by Crippen LogP contribution is -2.34. The topological polar surface area (TPSA) is 24.1 Å². The second-order valence-electron chi connectivity index (χ2n) is 1.94. The van der Waals surface area contributed by atoms with Crippen molar-refractivity contribution in [3.63, 3.8) is 0 Å². The van der Waals surface area contributed by atoms with E-state index in [1.165, 1.54) is 19.4 Å². The Bertz CT molecular complexity index is 52.4. The first-order chi connectivity index (χ1) is 3.43. The molecular formula is C5H13ClN2. The van der Waals surface area contributed by atoms with Gasteiger partial charge in [-0.3, -0.25) is 0 Å². The van der Waals surface area contributed by atoms with Crippen LogP contribution in [-0.4, -0.2) is 19.8 Å². The minimum Gasteiger partial charge on any atom is -0.305 e. The molecule has 0 saturated carbocycles. The molecule has 0 radical (unpaired) electrons. The lowest BCUT2D eigenvalue weighted by molar-refractivity contribution is 0.530. The van der Waals surface area contributed by atoms with Crippen LogP contribution in [0.2, 0.25) is 0 Å². The second-order valence-corrected chi connectivity index (χ2v) is 1.94. The molecule has 0 aromatic rings. The van der Waals surface area contributed by atoms with Gasteiger partial charge in [0.1, 0.15) is 0 Å². The smallest absolute Gasteiger partial charge is 0.0569 e. The third kappa shape index (κ3) is 1.99. The normalized spacial score (nSPS) is 27.4. The Balaban J connectivity index is 0.000000490. The fourth-order valence-corrected chi connectivity index (χ4v) is 0.931. The molecule has 1 fully saturated rings. The predicted octanol–water partition coefficient (Wildman–Crippen LogP) is 0.337. The molecule has 0 spiro atoms. The number of rotatable bonds is 1. The summed E-state index contributed by atoms with van der Waals surface area (Å²) in [5.41, 5.74) is 0. The van der Waals surface area contributed by atoms with Gasteiger partial charge in [0.05, 0.1) is 6.17 Å². The van der Waals surface area contributed by atoms with Crippen LogP contribution in [0.25, 0.3) is 0 Å². The third-order valence-electron chi connectivity index (χ3n) is 1.41. The first-order valence-electron chi connectivity index (χ1n) is 2.84. The third-order valence-corrected chi connectivity index (χ3v) is 1.41. The average molecular weight is 137 g/mol. The van der Waals surface area contributed by atoms with Gasteiger partial charge in [0.25, 0.3) is 0 Å². The molecule has 0 aromatic carbocycles. The van der Waals surface area contributed by atoms with Crippen molar-refractivity contribution in [2.45, 2.75) is 19.0 Å². The second kappa shape index (κ2) is 4.13. The van der Waals surface area contributed by atoms with Crippen LogP contribution in [-0.2, 0) is 0 Å². The summed E-state index contributed by atoms with van der Waals surface area (Å²) in [6, 6.07) is 0. The minimum atomic E-state index is 0. The SMILES string of the molecule is CNC1CCCN1.Cl. The van der Waals surface area contributed by atoms with E-state index in [1.807, 2.05) is 7.05 Å². The van der Waals surface area contributed by atoms with Gasteiger partial charge >= 0.3 is 0 Å². The van der Waals surface area contributed by atoms with E-state index in [0.29, 0.717) is 6.17 Å². The van der Waals surface area contributed by atoms with Gasteiger partial charge in [0.2, 0.25) is 0 Å². The molecule has 0 bridgehead atoms. The average Bonchev–Trinajstić information content (AvgIpc) is 2.14. The fraction of sp³-hybridized carbons (Fsp3) is 1.00. The molecule has 0 aliphatic carbocycles. The molecule has 0 aromatic heterocycles. The van der Waals surface area contributed by atoms with Crippen molar-refractivity contribution in [3.8, 4) is 0 Å². The molecule has 3 heteroatoms. The highest BCUT2D eigenvalue weighted by molar-refractivity contribution is 5.85. The minimum absolute atomic E-state index is 0. The maximum Gasteiger partial charge on any atom is 0.0569 e. The Labute approximate surface area is 56.4 Å². The van der Waals surface area contributed by atoms with Crippen LogP contribution in [0.3, 0.4) is 0 Å². The van der Waals surface area contributed by atoms with Gasteiger partial charge in [-0.25, -0.2) is 0 Å². The maximum atomic E-state index is 3.30. The molecule has 8 heavy (non-hydrogen) atoms. The number of halogens is 1. The molecule has 1 saturated heterocycles. The summed E-state index contributed by atoms with van der Waals surface area (Å²) in [6.07, 6.45) is 3.21. The van der Waals surface area contributed by atoms with Crippen LogP contribution in [0.1, 0.15) is 12.8 Å². The van der Waals surface area contributed by atoms with E-state index >= 15 is 0 Å². The summed E-state index contributed by atoms with van der Waals surface area (Å²) >= 11 is 0. The Morgan fingerprint density at radius 1 is 1.62 bits per heavy atom. The van der Waals surface area contributed by atoms with E-state index in [1.54, 1.807) is 0 Å². The molecule has 2 nitrogen and oxygen atoms in total. The van der Waals surface area contributed by atoms with Crippen molar-refractivity contribution in [2.75, 3.05) is 13.6 Å². The first kappa shape index (κ1) is 8.21. The predicted molar refractivity (Wildman–Crippen MR) is 37.3 cm³/mol. The van der Waals surface area contributed by atoms with Crippen molar-refractivity contribution in [1.82, 2.24) is 10.6 Å². The van der Waals surface area contributed by atoms with Crippen molar-refractivity contribution >= 4 is 12.4 Å². The monoisotopic (exact) mass is 136 g/mol. The Morgan fingerprint density at radius 2 is 2.38 bits per heavy atom. The standard InChI is InChI=1S/C5H12N2.ClH/c1-6-5-3-2-4-7-5;/h5-7H,2-4H2,1H3;1H. The quantitative estimate of drug-likeness (QED) is 0.543. The van der Waals surface area contributed by atoms with Gasteiger partial charge in [-0.1, -0.05) is 0 Å². The zero-order valence-electron chi connectivity index (χ0n) is 5.11. The first-order valence-corrected chi connectivity index (χ1v) is 2.84. The molecule has 1 unspecified atom stereocenters.